The lowest BCUT2D eigenvalue weighted by atomic mass is 10.1. The smallest absolute Gasteiger partial charge is 0.254 e. The molecule has 6 nitrogen and oxygen atoms in total. The van der Waals surface area contributed by atoms with Gasteiger partial charge in [0, 0.05) is 31.2 Å². The van der Waals surface area contributed by atoms with Crippen molar-refractivity contribution in [2.75, 3.05) is 26.3 Å². The van der Waals surface area contributed by atoms with E-state index in [1.165, 1.54) is 10.4 Å². The first-order valence-corrected chi connectivity index (χ1v) is 11.8. The molecule has 1 heterocycles. The van der Waals surface area contributed by atoms with Crippen molar-refractivity contribution < 1.29 is 17.9 Å². The summed E-state index contributed by atoms with van der Waals surface area (Å²) in [5.41, 5.74) is 2.07. The predicted octanol–water partition coefficient (Wildman–Crippen LogP) is 3.46. The van der Waals surface area contributed by atoms with Gasteiger partial charge in [0.25, 0.3) is 5.91 Å². The van der Waals surface area contributed by atoms with Crippen molar-refractivity contribution >= 4 is 15.9 Å². The van der Waals surface area contributed by atoms with Crippen LogP contribution in [0.5, 0.6) is 0 Å². The Morgan fingerprint density at radius 2 is 1.80 bits per heavy atom. The number of benzene rings is 2. The summed E-state index contributed by atoms with van der Waals surface area (Å²) in [6.45, 7) is 7.72. The van der Waals surface area contributed by atoms with Crippen LogP contribution in [0.2, 0.25) is 0 Å². The van der Waals surface area contributed by atoms with Crippen LogP contribution < -0.4 is 0 Å². The highest BCUT2D eigenvalue weighted by Crippen LogP contribution is 2.24. The lowest BCUT2D eigenvalue weighted by molar-refractivity contribution is 0.0671. The maximum atomic E-state index is 13.4. The Morgan fingerprint density at radius 1 is 1.13 bits per heavy atom. The van der Waals surface area contributed by atoms with Crippen molar-refractivity contribution in [3.05, 3.63) is 65.2 Å². The quantitative estimate of drug-likeness (QED) is 0.675. The molecule has 2 aromatic rings. The van der Waals surface area contributed by atoms with E-state index in [1.54, 1.807) is 19.1 Å². The van der Waals surface area contributed by atoms with Gasteiger partial charge in [0.2, 0.25) is 10.0 Å². The molecule has 1 unspecified atom stereocenters. The van der Waals surface area contributed by atoms with E-state index in [-0.39, 0.29) is 16.8 Å². The molecular weight excluding hydrogens is 400 g/mol. The number of hydrogen-bond donors (Lipinski definition) is 0. The van der Waals surface area contributed by atoms with E-state index >= 15 is 0 Å². The van der Waals surface area contributed by atoms with Crippen molar-refractivity contribution in [2.45, 2.75) is 44.7 Å². The Kier molecular flexibility index (Phi) is 7.28. The lowest BCUT2D eigenvalue weighted by Gasteiger charge is -2.30. The second-order valence-electron chi connectivity index (χ2n) is 7.67. The van der Waals surface area contributed by atoms with Crippen LogP contribution in [0.1, 0.15) is 41.8 Å². The second kappa shape index (κ2) is 9.73. The molecule has 2 aromatic carbocycles. The van der Waals surface area contributed by atoms with Gasteiger partial charge >= 0.3 is 0 Å². The third-order valence-corrected chi connectivity index (χ3v) is 7.64. The number of carbonyl (C=O) groups is 1. The molecule has 1 saturated heterocycles. The molecule has 0 bridgehead atoms. The summed E-state index contributed by atoms with van der Waals surface area (Å²) in [4.78, 5) is 15.4. The highest BCUT2D eigenvalue weighted by atomic mass is 32.2. The number of ether oxygens (including phenoxy) is 1. The number of morpholine rings is 1. The van der Waals surface area contributed by atoms with Crippen LogP contribution in [0.25, 0.3) is 0 Å². The maximum Gasteiger partial charge on any atom is 0.254 e. The molecule has 30 heavy (non-hydrogen) atoms. The Hall–Kier alpha value is -2.22. The molecule has 0 saturated carbocycles. The SMILES string of the molecule is CCC(C)N(Cc1ccccc1)C(=O)c1ccc(C)c(S(=O)(=O)N2CCOCC2)c1. The molecule has 1 aliphatic heterocycles. The van der Waals surface area contributed by atoms with Gasteiger partial charge in [-0.3, -0.25) is 4.79 Å². The number of carbonyl (C=O) groups excluding carboxylic acids is 1. The molecule has 0 aliphatic carbocycles. The fourth-order valence-corrected chi connectivity index (χ4v) is 5.19. The number of nitrogens with zero attached hydrogens (tertiary/aromatic N) is 2. The van der Waals surface area contributed by atoms with Gasteiger partial charge < -0.3 is 9.64 Å². The largest absolute Gasteiger partial charge is 0.379 e. The van der Waals surface area contributed by atoms with Crippen LogP contribution in [0.4, 0.5) is 0 Å². The van der Waals surface area contributed by atoms with Crippen LogP contribution in [-0.4, -0.2) is 55.9 Å². The van der Waals surface area contributed by atoms with Crippen LogP contribution in [-0.2, 0) is 21.3 Å². The minimum absolute atomic E-state index is 0.0262. The molecule has 7 heteroatoms. The van der Waals surface area contributed by atoms with Gasteiger partial charge in [0.05, 0.1) is 18.1 Å². The number of sulfonamides is 1. The van der Waals surface area contributed by atoms with E-state index in [4.69, 9.17) is 4.74 Å². The van der Waals surface area contributed by atoms with Gasteiger partial charge in [0.15, 0.2) is 0 Å². The first-order chi connectivity index (χ1) is 14.3. The Morgan fingerprint density at radius 3 is 2.43 bits per heavy atom. The summed E-state index contributed by atoms with van der Waals surface area (Å²) in [7, 11) is -3.68. The number of aryl methyl sites for hydroxylation is 1. The summed E-state index contributed by atoms with van der Waals surface area (Å²) >= 11 is 0. The molecule has 1 fully saturated rings. The van der Waals surface area contributed by atoms with E-state index in [0.717, 1.165) is 12.0 Å². The zero-order valence-electron chi connectivity index (χ0n) is 17.9. The Labute approximate surface area is 179 Å². The Balaban J connectivity index is 1.93. The van der Waals surface area contributed by atoms with Crippen LogP contribution >= 0.6 is 0 Å². The molecule has 162 valence electrons. The monoisotopic (exact) mass is 430 g/mol. The third-order valence-electron chi connectivity index (χ3n) is 5.60. The number of amides is 1. The van der Waals surface area contributed by atoms with Gasteiger partial charge in [-0.15, -0.1) is 0 Å². The van der Waals surface area contributed by atoms with E-state index in [2.05, 4.69) is 0 Å². The molecule has 3 rings (SSSR count). The van der Waals surface area contributed by atoms with Gasteiger partial charge in [-0.05, 0) is 43.5 Å². The average Bonchev–Trinajstić information content (AvgIpc) is 2.78. The highest BCUT2D eigenvalue weighted by Gasteiger charge is 2.29. The summed E-state index contributed by atoms with van der Waals surface area (Å²) in [6, 6.07) is 14.8. The summed E-state index contributed by atoms with van der Waals surface area (Å²) in [5, 5.41) is 0. The van der Waals surface area contributed by atoms with E-state index in [1.807, 2.05) is 49.1 Å². The van der Waals surface area contributed by atoms with Gasteiger partial charge in [-0.25, -0.2) is 8.42 Å². The third kappa shape index (κ3) is 4.91. The van der Waals surface area contributed by atoms with Crippen molar-refractivity contribution in [1.29, 1.82) is 0 Å². The maximum absolute atomic E-state index is 13.4. The molecular formula is C23H30N2O4S. The topological polar surface area (TPSA) is 66.9 Å². The second-order valence-corrected chi connectivity index (χ2v) is 9.58. The molecule has 0 radical (unpaired) electrons. The predicted molar refractivity (Wildman–Crippen MR) is 117 cm³/mol. The van der Waals surface area contributed by atoms with E-state index in [9.17, 15) is 13.2 Å². The normalized spacial score (nSPS) is 16.2. The van der Waals surface area contributed by atoms with Crippen molar-refractivity contribution in [1.82, 2.24) is 9.21 Å². The van der Waals surface area contributed by atoms with Gasteiger partial charge in [-0.2, -0.15) is 4.31 Å². The molecule has 1 amide bonds. The summed E-state index contributed by atoms with van der Waals surface area (Å²) in [5.74, 6) is -0.161. The molecule has 1 atom stereocenters. The number of hydrogen-bond acceptors (Lipinski definition) is 4. The number of rotatable bonds is 7. The standard InChI is InChI=1S/C23H30N2O4S/c1-4-19(3)25(17-20-8-6-5-7-9-20)23(26)21-11-10-18(2)22(16-21)30(27,28)24-12-14-29-15-13-24/h5-11,16,19H,4,12-15,17H2,1-3H3. The zero-order valence-corrected chi connectivity index (χ0v) is 18.7. The average molecular weight is 431 g/mol. The fourth-order valence-electron chi connectivity index (χ4n) is 3.53. The first-order valence-electron chi connectivity index (χ1n) is 10.4. The molecule has 0 N–H and O–H groups in total. The minimum Gasteiger partial charge on any atom is -0.379 e. The van der Waals surface area contributed by atoms with Crippen LogP contribution in [0, 0.1) is 6.92 Å². The van der Waals surface area contributed by atoms with E-state index < -0.39 is 10.0 Å². The first kappa shape index (κ1) is 22.5. The highest BCUT2D eigenvalue weighted by molar-refractivity contribution is 7.89. The van der Waals surface area contributed by atoms with Gasteiger partial charge in [-0.1, -0.05) is 43.3 Å². The van der Waals surface area contributed by atoms with Crippen molar-refractivity contribution in [2.24, 2.45) is 0 Å². The van der Waals surface area contributed by atoms with Gasteiger partial charge in [0.1, 0.15) is 0 Å². The molecule has 0 aromatic heterocycles. The summed E-state index contributed by atoms with van der Waals surface area (Å²) in [6.07, 6.45) is 0.809. The lowest BCUT2D eigenvalue weighted by Crippen LogP contribution is -2.41. The van der Waals surface area contributed by atoms with Crippen LogP contribution in [0.15, 0.2) is 53.4 Å². The summed E-state index contributed by atoms with van der Waals surface area (Å²) < 4.78 is 33.1. The van der Waals surface area contributed by atoms with Crippen LogP contribution in [0.3, 0.4) is 0 Å². The molecule has 0 spiro atoms. The fraction of sp³-hybridized carbons (Fsp3) is 0.435. The zero-order chi connectivity index (χ0) is 21.7. The Bertz CT molecular complexity index is 970. The molecule has 1 aliphatic rings. The van der Waals surface area contributed by atoms with Crippen molar-refractivity contribution in [3.8, 4) is 0 Å². The minimum atomic E-state index is -3.68. The van der Waals surface area contributed by atoms with E-state index in [0.29, 0.717) is 44.0 Å². The van der Waals surface area contributed by atoms with Crippen molar-refractivity contribution in [3.63, 3.8) is 0 Å².